The van der Waals surface area contributed by atoms with Crippen molar-refractivity contribution in [2.24, 2.45) is 11.7 Å². The predicted octanol–water partition coefficient (Wildman–Crippen LogP) is 2.45. The van der Waals surface area contributed by atoms with Crippen molar-refractivity contribution < 1.29 is 5.11 Å². The Bertz CT molecular complexity index is 145. The summed E-state index contributed by atoms with van der Waals surface area (Å²) in [6.07, 6.45) is 9.51. The van der Waals surface area contributed by atoms with Crippen LogP contribution in [-0.2, 0) is 0 Å². The molecule has 0 saturated heterocycles. The maximum atomic E-state index is 9.03. The summed E-state index contributed by atoms with van der Waals surface area (Å²) in [6, 6.07) is 0. The topological polar surface area (TPSA) is 46.2 Å². The molecule has 14 heavy (non-hydrogen) atoms. The van der Waals surface area contributed by atoms with Crippen molar-refractivity contribution in [1.29, 1.82) is 0 Å². The Hall–Kier alpha value is -0.0800. The average molecular weight is 199 g/mol. The Morgan fingerprint density at radius 3 is 2.43 bits per heavy atom. The number of hydrogen-bond acceptors (Lipinski definition) is 2. The minimum Gasteiger partial charge on any atom is -0.396 e. The molecule has 1 aliphatic carbocycles. The van der Waals surface area contributed by atoms with Crippen LogP contribution in [0.2, 0.25) is 0 Å². The molecule has 2 nitrogen and oxygen atoms in total. The van der Waals surface area contributed by atoms with Crippen molar-refractivity contribution in [2.75, 3.05) is 6.61 Å². The van der Waals surface area contributed by atoms with E-state index in [0.717, 1.165) is 25.7 Å². The van der Waals surface area contributed by atoms with E-state index >= 15 is 0 Å². The average Bonchev–Trinajstić information content (AvgIpc) is 2.19. The van der Waals surface area contributed by atoms with Crippen molar-refractivity contribution in [3.8, 4) is 0 Å². The number of rotatable bonds is 5. The molecule has 3 N–H and O–H groups in total. The minimum absolute atomic E-state index is 0.0981. The lowest BCUT2D eigenvalue weighted by Gasteiger charge is -2.36. The fourth-order valence-electron chi connectivity index (χ4n) is 2.41. The molecule has 1 fully saturated rings. The molecule has 2 heteroatoms. The molecule has 0 bridgehead atoms. The first kappa shape index (κ1) is 12.0. The zero-order valence-electron chi connectivity index (χ0n) is 9.47. The van der Waals surface area contributed by atoms with Gasteiger partial charge in [0.15, 0.2) is 0 Å². The van der Waals surface area contributed by atoms with Gasteiger partial charge in [-0.2, -0.15) is 0 Å². The van der Waals surface area contributed by atoms with Gasteiger partial charge < -0.3 is 10.8 Å². The lowest BCUT2D eigenvalue weighted by atomic mass is 9.75. The van der Waals surface area contributed by atoms with Gasteiger partial charge in [0.2, 0.25) is 0 Å². The van der Waals surface area contributed by atoms with Gasteiger partial charge in [-0.05, 0) is 38.0 Å². The van der Waals surface area contributed by atoms with E-state index in [1.807, 2.05) is 0 Å². The highest BCUT2D eigenvalue weighted by Gasteiger charge is 2.30. The number of hydrogen-bond donors (Lipinski definition) is 2. The SMILES string of the molecule is CCCCCC1(N)CCC(CO)CC1. The Labute approximate surface area is 87.9 Å². The molecule has 0 atom stereocenters. The molecule has 0 aromatic rings. The van der Waals surface area contributed by atoms with Crippen LogP contribution in [0.3, 0.4) is 0 Å². The van der Waals surface area contributed by atoms with Crippen LogP contribution in [0, 0.1) is 5.92 Å². The zero-order valence-corrected chi connectivity index (χ0v) is 9.47. The smallest absolute Gasteiger partial charge is 0.0459 e. The third kappa shape index (κ3) is 3.58. The summed E-state index contributed by atoms with van der Waals surface area (Å²) in [5.41, 5.74) is 6.43. The molecule has 1 saturated carbocycles. The summed E-state index contributed by atoms with van der Waals surface area (Å²) >= 11 is 0. The second-order valence-electron chi connectivity index (χ2n) is 4.95. The van der Waals surface area contributed by atoms with E-state index in [1.54, 1.807) is 0 Å². The lowest BCUT2D eigenvalue weighted by Crippen LogP contribution is -2.43. The minimum atomic E-state index is 0.0981. The molecule has 0 heterocycles. The van der Waals surface area contributed by atoms with Crippen LogP contribution in [-0.4, -0.2) is 17.3 Å². The van der Waals surface area contributed by atoms with E-state index < -0.39 is 0 Å². The molecule has 1 aliphatic rings. The summed E-state index contributed by atoms with van der Waals surface area (Å²) in [6.45, 7) is 2.58. The van der Waals surface area contributed by atoms with Gasteiger partial charge in [0.25, 0.3) is 0 Å². The van der Waals surface area contributed by atoms with Crippen molar-refractivity contribution in [1.82, 2.24) is 0 Å². The van der Waals surface area contributed by atoms with Crippen LogP contribution >= 0.6 is 0 Å². The van der Waals surface area contributed by atoms with Crippen LogP contribution in [0.4, 0.5) is 0 Å². The first-order chi connectivity index (χ1) is 6.70. The maximum absolute atomic E-state index is 9.03. The number of aliphatic hydroxyl groups is 1. The highest BCUT2D eigenvalue weighted by Crippen LogP contribution is 2.33. The Kier molecular flexibility index (Phi) is 4.90. The first-order valence-electron chi connectivity index (χ1n) is 6.10. The van der Waals surface area contributed by atoms with Crippen LogP contribution in [0.1, 0.15) is 58.3 Å². The van der Waals surface area contributed by atoms with Gasteiger partial charge in [0, 0.05) is 12.1 Å². The molecule has 0 aromatic heterocycles. The van der Waals surface area contributed by atoms with Crippen molar-refractivity contribution in [3.05, 3.63) is 0 Å². The fourth-order valence-corrected chi connectivity index (χ4v) is 2.41. The molecule has 0 aliphatic heterocycles. The van der Waals surface area contributed by atoms with E-state index in [9.17, 15) is 0 Å². The Morgan fingerprint density at radius 2 is 1.93 bits per heavy atom. The standard InChI is InChI=1S/C12H25NO/c1-2-3-4-7-12(13)8-5-11(10-14)6-9-12/h11,14H,2-10,13H2,1H3. The molecule has 0 amide bonds. The first-order valence-corrected chi connectivity index (χ1v) is 6.10. The van der Waals surface area contributed by atoms with Gasteiger partial charge in [-0.3, -0.25) is 0 Å². The largest absolute Gasteiger partial charge is 0.396 e. The summed E-state index contributed by atoms with van der Waals surface area (Å²) in [5.74, 6) is 0.526. The monoisotopic (exact) mass is 199 g/mol. The maximum Gasteiger partial charge on any atom is 0.0459 e. The predicted molar refractivity (Wildman–Crippen MR) is 60.1 cm³/mol. The van der Waals surface area contributed by atoms with Crippen molar-refractivity contribution >= 4 is 0 Å². The van der Waals surface area contributed by atoms with Gasteiger partial charge in [0.05, 0.1) is 0 Å². The van der Waals surface area contributed by atoms with Crippen LogP contribution in [0.25, 0.3) is 0 Å². The third-order valence-electron chi connectivity index (χ3n) is 3.64. The van der Waals surface area contributed by atoms with Crippen molar-refractivity contribution in [2.45, 2.75) is 63.8 Å². The Morgan fingerprint density at radius 1 is 1.29 bits per heavy atom. The normalized spacial score (nSPS) is 33.2. The third-order valence-corrected chi connectivity index (χ3v) is 3.64. The second-order valence-corrected chi connectivity index (χ2v) is 4.95. The van der Waals surface area contributed by atoms with Crippen molar-refractivity contribution in [3.63, 3.8) is 0 Å². The molecular weight excluding hydrogens is 174 g/mol. The molecule has 1 rings (SSSR count). The molecule has 0 aromatic carbocycles. The fraction of sp³-hybridized carbons (Fsp3) is 1.00. The Balaban J connectivity index is 2.23. The van der Waals surface area contributed by atoms with Gasteiger partial charge >= 0.3 is 0 Å². The molecule has 0 spiro atoms. The van der Waals surface area contributed by atoms with Gasteiger partial charge in [-0.15, -0.1) is 0 Å². The number of aliphatic hydroxyl groups excluding tert-OH is 1. The summed E-state index contributed by atoms with van der Waals surface area (Å²) in [5, 5.41) is 9.03. The number of unbranched alkanes of at least 4 members (excludes halogenated alkanes) is 2. The van der Waals surface area contributed by atoms with Gasteiger partial charge in [0.1, 0.15) is 0 Å². The van der Waals surface area contributed by atoms with E-state index in [4.69, 9.17) is 10.8 Å². The van der Waals surface area contributed by atoms with Crippen LogP contribution in [0.5, 0.6) is 0 Å². The van der Waals surface area contributed by atoms with E-state index in [1.165, 1.54) is 25.7 Å². The second kappa shape index (κ2) is 5.72. The van der Waals surface area contributed by atoms with Gasteiger partial charge in [-0.25, -0.2) is 0 Å². The lowest BCUT2D eigenvalue weighted by molar-refractivity contribution is 0.147. The molecule has 0 radical (unpaired) electrons. The molecule has 0 unspecified atom stereocenters. The quantitative estimate of drug-likeness (QED) is 0.668. The molecular formula is C12H25NO. The van der Waals surface area contributed by atoms with E-state index in [-0.39, 0.29) is 5.54 Å². The van der Waals surface area contributed by atoms with Crippen LogP contribution in [0.15, 0.2) is 0 Å². The summed E-state index contributed by atoms with van der Waals surface area (Å²) in [4.78, 5) is 0. The molecule has 84 valence electrons. The van der Waals surface area contributed by atoms with Crippen LogP contribution < -0.4 is 5.73 Å². The van der Waals surface area contributed by atoms with E-state index in [2.05, 4.69) is 6.92 Å². The summed E-state index contributed by atoms with van der Waals surface area (Å²) < 4.78 is 0. The van der Waals surface area contributed by atoms with E-state index in [0.29, 0.717) is 12.5 Å². The summed E-state index contributed by atoms with van der Waals surface area (Å²) in [7, 11) is 0. The zero-order chi connectivity index (χ0) is 10.4. The highest BCUT2D eigenvalue weighted by molar-refractivity contribution is 4.89. The van der Waals surface area contributed by atoms with Gasteiger partial charge in [-0.1, -0.05) is 26.2 Å². The number of nitrogens with two attached hydrogens (primary N) is 1. The highest BCUT2D eigenvalue weighted by atomic mass is 16.3.